The summed E-state index contributed by atoms with van der Waals surface area (Å²) in [4.78, 5) is 16.2. The molecule has 6 nitrogen and oxygen atoms in total. The molecule has 8 heteroatoms. The van der Waals surface area contributed by atoms with Crippen molar-refractivity contribution in [3.8, 4) is 23.3 Å². The molecular weight excluding hydrogens is 397 g/mol. The van der Waals surface area contributed by atoms with E-state index in [1.807, 2.05) is 6.07 Å². The highest BCUT2D eigenvalue weighted by Gasteiger charge is 2.16. The number of halogens is 2. The second-order valence-corrected chi connectivity index (χ2v) is 6.35. The molecule has 1 N–H and O–H groups in total. The summed E-state index contributed by atoms with van der Waals surface area (Å²) < 4.78 is 24.6. The Kier molecular flexibility index (Phi) is 6.27. The molecule has 3 aromatic rings. The summed E-state index contributed by atoms with van der Waals surface area (Å²) in [5.74, 6) is 0.343. The maximum atomic E-state index is 13.5. The lowest BCUT2D eigenvalue weighted by atomic mass is 10.2. The minimum atomic E-state index is -0.804. The number of anilines is 1. The van der Waals surface area contributed by atoms with E-state index in [1.54, 1.807) is 43.3 Å². The second-order valence-electron chi connectivity index (χ2n) is 5.94. The van der Waals surface area contributed by atoms with Gasteiger partial charge in [-0.2, -0.15) is 5.26 Å². The number of hydrogen-bond acceptors (Lipinski definition) is 5. The second kappa shape index (κ2) is 9.04. The van der Waals surface area contributed by atoms with Gasteiger partial charge in [0.2, 0.25) is 0 Å². The van der Waals surface area contributed by atoms with Crippen LogP contribution < -0.4 is 14.8 Å². The standard InChI is InChI=1S/C21H15ClFN3O3/c1-13(21(27)26-20-19(22)3-2-8-25-20)28-16-4-6-17(7-5-16)29-18-10-14(12-24)9-15(23)11-18/h2-11,13H,1H3,(H,25,26,27)/t13-/m1/s1. The first-order chi connectivity index (χ1) is 13.9. The molecule has 0 saturated carbocycles. The Bertz CT molecular complexity index is 1070. The number of carbonyl (C=O) groups excluding carboxylic acids is 1. The fraction of sp³-hybridized carbons (Fsp3) is 0.0952. The molecule has 0 bridgehead atoms. The van der Waals surface area contributed by atoms with Gasteiger partial charge in [0.1, 0.15) is 23.1 Å². The summed E-state index contributed by atoms with van der Waals surface area (Å²) in [6.07, 6.45) is 0.713. The summed E-state index contributed by atoms with van der Waals surface area (Å²) in [5, 5.41) is 11.8. The Hall–Kier alpha value is -3.63. The Morgan fingerprint density at radius 1 is 1.17 bits per heavy atom. The SMILES string of the molecule is C[C@@H](Oc1ccc(Oc2cc(F)cc(C#N)c2)cc1)C(=O)Nc1ncccc1Cl. The zero-order valence-corrected chi connectivity index (χ0v) is 16.0. The molecule has 1 amide bonds. The van der Waals surface area contributed by atoms with E-state index in [2.05, 4.69) is 10.3 Å². The maximum Gasteiger partial charge on any atom is 0.266 e. The third kappa shape index (κ3) is 5.43. The molecule has 0 aliphatic heterocycles. The molecule has 3 rings (SSSR count). The van der Waals surface area contributed by atoms with Crippen LogP contribution in [-0.2, 0) is 4.79 Å². The van der Waals surface area contributed by atoms with Crippen LogP contribution in [0, 0.1) is 17.1 Å². The van der Waals surface area contributed by atoms with Crippen LogP contribution in [0.25, 0.3) is 0 Å². The lowest BCUT2D eigenvalue weighted by Gasteiger charge is -2.15. The highest BCUT2D eigenvalue weighted by atomic mass is 35.5. The van der Waals surface area contributed by atoms with Gasteiger partial charge in [0, 0.05) is 12.3 Å². The smallest absolute Gasteiger partial charge is 0.266 e. The van der Waals surface area contributed by atoms with Crippen molar-refractivity contribution in [2.24, 2.45) is 0 Å². The lowest BCUT2D eigenvalue weighted by molar-refractivity contribution is -0.122. The number of aromatic nitrogens is 1. The predicted molar refractivity (Wildman–Crippen MR) is 106 cm³/mol. The van der Waals surface area contributed by atoms with Crippen molar-refractivity contribution in [2.45, 2.75) is 13.0 Å². The van der Waals surface area contributed by atoms with Crippen molar-refractivity contribution in [3.63, 3.8) is 0 Å². The number of nitrogens with zero attached hydrogens (tertiary/aromatic N) is 2. The first-order valence-electron chi connectivity index (χ1n) is 8.51. The quantitative estimate of drug-likeness (QED) is 0.620. The number of pyridine rings is 1. The van der Waals surface area contributed by atoms with Gasteiger partial charge in [-0.1, -0.05) is 11.6 Å². The Labute approximate surface area is 171 Å². The van der Waals surface area contributed by atoms with Gasteiger partial charge < -0.3 is 14.8 Å². The van der Waals surface area contributed by atoms with Gasteiger partial charge in [0.05, 0.1) is 16.7 Å². The van der Waals surface area contributed by atoms with E-state index in [0.29, 0.717) is 16.5 Å². The zero-order chi connectivity index (χ0) is 20.8. The summed E-state index contributed by atoms with van der Waals surface area (Å²) in [5.41, 5.74) is 0.160. The van der Waals surface area contributed by atoms with E-state index in [9.17, 15) is 9.18 Å². The molecule has 0 saturated heterocycles. The number of hydrogen-bond donors (Lipinski definition) is 1. The van der Waals surface area contributed by atoms with Gasteiger partial charge >= 0.3 is 0 Å². The molecule has 0 aliphatic carbocycles. The fourth-order valence-corrected chi connectivity index (χ4v) is 2.53. The summed E-state index contributed by atoms with van der Waals surface area (Å²) in [6, 6.07) is 15.3. The van der Waals surface area contributed by atoms with E-state index >= 15 is 0 Å². The van der Waals surface area contributed by atoms with Crippen molar-refractivity contribution < 1.29 is 18.7 Å². The van der Waals surface area contributed by atoms with E-state index in [1.165, 1.54) is 18.3 Å². The number of amides is 1. The third-order valence-corrected chi connectivity index (χ3v) is 4.05. The van der Waals surface area contributed by atoms with Crippen molar-refractivity contribution in [1.82, 2.24) is 4.98 Å². The molecule has 1 atom stereocenters. The largest absolute Gasteiger partial charge is 0.481 e. The average Bonchev–Trinajstić information content (AvgIpc) is 2.70. The van der Waals surface area contributed by atoms with Crippen molar-refractivity contribution in [3.05, 3.63) is 77.2 Å². The van der Waals surface area contributed by atoms with Crippen LogP contribution >= 0.6 is 11.6 Å². The van der Waals surface area contributed by atoms with Crippen LogP contribution in [0.15, 0.2) is 60.8 Å². The minimum absolute atomic E-state index is 0.160. The first-order valence-corrected chi connectivity index (χ1v) is 8.89. The normalized spacial score (nSPS) is 11.2. The first kappa shape index (κ1) is 20.1. The molecule has 0 spiro atoms. The fourth-order valence-electron chi connectivity index (χ4n) is 2.36. The Morgan fingerprint density at radius 2 is 1.90 bits per heavy atom. The number of carbonyl (C=O) groups is 1. The molecule has 0 fully saturated rings. The Morgan fingerprint density at radius 3 is 2.59 bits per heavy atom. The predicted octanol–water partition coefficient (Wildman–Crippen LogP) is 4.94. The van der Waals surface area contributed by atoms with Crippen molar-refractivity contribution in [1.29, 1.82) is 5.26 Å². The minimum Gasteiger partial charge on any atom is -0.481 e. The van der Waals surface area contributed by atoms with Gasteiger partial charge in [0.15, 0.2) is 11.9 Å². The molecule has 2 aromatic carbocycles. The highest BCUT2D eigenvalue weighted by Crippen LogP contribution is 2.26. The van der Waals surface area contributed by atoms with E-state index in [0.717, 1.165) is 6.07 Å². The molecular formula is C21H15ClFN3O3. The van der Waals surface area contributed by atoms with Crippen LogP contribution in [0.3, 0.4) is 0 Å². The number of ether oxygens (including phenoxy) is 2. The topological polar surface area (TPSA) is 84.2 Å². The van der Waals surface area contributed by atoms with Crippen LogP contribution in [0.4, 0.5) is 10.2 Å². The highest BCUT2D eigenvalue weighted by molar-refractivity contribution is 6.33. The molecule has 0 unspecified atom stereocenters. The van der Waals surface area contributed by atoms with E-state index < -0.39 is 17.8 Å². The molecule has 146 valence electrons. The number of benzene rings is 2. The molecule has 0 radical (unpaired) electrons. The van der Waals surface area contributed by atoms with Crippen LogP contribution in [-0.4, -0.2) is 17.0 Å². The molecule has 0 aliphatic rings. The lowest BCUT2D eigenvalue weighted by Crippen LogP contribution is -2.30. The Balaban J connectivity index is 1.61. The van der Waals surface area contributed by atoms with Crippen LogP contribution in [0.2, 0.25) is 5.02 Å². The molecule has 1 aromatic heterocycles. The van der Waals surface area contributed by atoms with Gasteiger partial charge in [-0.25, -0.2) is 9.37 Å². The number of nitriles is 1. The van der Waals surface area contributed by atoms with Gasteiger partial charge in [-0.15, -0.1) is 0 Å². The average molecular weight is 412 g/mol. The number of nitrogens with one attached hydrogen (secondary N) is 1. The third-order valence-electron chi connectivity index (χ3n) is 3.74. The number of rotatable bonds is 6. The van der Waals surface area contributed by atoms with Gasteiger partial charge in [-0.3, -0.25) is 4.79 Å². The monoisotopic (exact) mass is 411 g/mol. The summed E-state index contributed by atoms with van der Waals surface area (Å²) >= 11 is 5.97. The van der Waals surface area contributed by atoms with E-state index in [4.69, 9.17) is 26.3 Å². The maximum absolute atomic E-state index is 13.5. The van der Waals surface area contributed by atoms with Crippen LogP contribution in [0.5, 0.6) is 17.2 Å². The van der Waals surface area contributed by atoms with Crippen molar-refractivity contribution in [2.75, 3.05) is 5.32 Å². The van der Waals surface area contributed by atoms with E-state index in [-0.39, 0.29) is 17.1 Å². The van der Waals surface area contributed by atoms with Gasteiger partial charge in [-0.05, 0) is 55.5 Å². The summed E-state index contributed by atoms with van der Waals surface area (Å²) in [6.45, 7) is 1.59. The van der Waals surface area contributed by atoms with Crippen LogP contribution in [0.1, 0.15) is 12.5 Å². The zero-order valence-electron chi connectivity index (χ0n) is 15.2. The molecule has 29 heavy (non-hydrogen) atoms. The van der Waals surface area contributed by atoms with Crippen molar-refractivity contribution >= 4 is 23.3 Å². The summed E-state index contributed by atoms with van der Waals surface area (Å²) in [7, 11) is 0. The van der Waals surface area contributed by atoms with Gasteiger partial charge in [0.25, 0.3) is 5.91 Å². The molecule has 1 heterocycles.